The van der Waals surface area contributed by atoms with Crippen molar-refractivity contribution in [2.24, 2.45) is 5.92 Å². The van der Waals surface area contributed by atoms with Gasteiger partial charge in [0.2, 0.25) is 0 Å². The van der Waals surface area contributed by atoms with Crippen LogP contribution >= 0.6 is 0 Å². The second-order valence-corrected chi connectivity index (χ2v) is 6.24. The molecule has 1 aliphatic heterocycles. The molecule has 0 aliphatic carbocycles. The molecule has 1 rings (SSSR count). The van der Waals surface area contributed by atoms with Crippen LogP contribution in [-0.2, 0) is 15.0 Å². The van der Waals surface area contributed by atoms with Gasteiger partial charge in [0.15, 0.2) is 0 Å². The molecule has 16 heavy (non-hydrogen) atoms. The van der Waals surface area contributed by atoms with Crippen molar-refractivity contribution in [2.45, 2.75) is 39.5 Å². The van der Waals surface area contributed by atoms with Crippen LogP contribution in [0.25, 0.3) is 0 Å². The number of nitrogens with one attached hydrogen (secondary N) is 1. The lowest BCUT2D eigenvalue weighted by atomic mass is 10.2. The van der Waals surface area contributed by atoms with E-state index in [1.165, 1.54) is 4.31 Å². The number of nitrogens with zero attached hydrogens (tertiary/aromatic N) is 1. The maximum absolute atomic E-state index is 11.8. The van der Waals surface area contributed by atoms with Crippen LogP contribution < -0.4 is 4.89 Å². The molecule has 6 heteroatoms. The van der Waals surface area contributed by atoms with Gasteiger partial charge in [-0.2, -0.15) is 12.7 Å². The molecule has 5 nitrogen and oxygen atoms in total. The third-order valence-corrected chi connectivity index (χ3v) is 3.86. The van der Waals surface area contributed by atoms with Gasteiger partial charge in [0.05, 0.1) is 6.61 Å². The van der Waals surface area contributed by atoms with E-state index in [1.54, 1.807) is 0 Å². The first kappa shape index (κ1) is 13.9. The lowest BCUT2D eigenvalue weighted by Crippen LogP contribution is -2.41. The van der Waals surface area contributed by atoms with Gasteiger partial charge < -0.3 is 0 Å². The molecule has 0 aromatic rings. The van der Waals surface area contributed by atoms with Gasteiger partial charge in [-0.25, -0.2) is 0 Å². The maximum atomic E-state index is 11.8. The minimum absolute atomic E-state index is 0.312. The largest absolute Gasteiger partial charge is 0.301 e. The third kappa shape index (κ3) is 4.78. The van der Waals surface area contributed by atoms with Gasteiger partial charge in [0, 0.05) is 13.1 Å². The summed E-state index contributed by atoms with van der Waals surface area (Å²) >= 11 is 0. The highest BCUT2D eigenvalue weighted by atomic mass is 32.2. The average molecular weight is 250 g/mol. The molecule has 0 atom stereocenters. The van der Waals surface area contributed by atoms with E-state index < -0.39 is 10.2 Å². The zero-order valence-corrected chi connectivity index (χ0v) is 10.9. The minimum atomic E-state index is -3.44. The Morgan fingerprint density at radius 1 is 1.19 bits per heavy atom. The molecule has 0 saturated carbocycles. The molecule has 0 spiro atoms. The van der Waals surface area contributed by atoms with Crippen molar-refractivity contribution in [2.75, 3.05) is 19.7 Å². The molecule has 96 valence electrons. The zero-order chi connectivity index (χ0) is 12.0. The molecule has 0 aromatic heterocycles. The molecule has 1 saturated heterocycles. The summed E-state index contributed by atoms with van der Waals surface area (Å²) in [5.41, 5.74) is 0. The highest BCUT2D eigenvalue weighted by molar-refractivity contribution is 7.87. The topological polar surface area (TPSA) is 58.6 Å². The third-order valence-electron chi connectivity index (χ3n) is 2.49. The molecule has 1 aliphatic rings. The van der Waals surface area contributed by atoms with Gasteiger partial charge in [0.1, 0.15) is 0 Å². The van der Waals surface area contributed by atoms with E-state index in [-0.39, 0.29) is 0 Å². The van der Waals surface area contributed by atoms with Crippen molar-refractivity contribution >= 4 is 10.2 Å². The van der Waals surface area contributed by atoms with Crippen molar-refractivity contribution < 1.29 is 13.3 Å². The first-order valence-corrected chi connectivity index (χ1v) is 7.35. The van der Waals surface area contributed by atoms with Gasteiger partial charge in [0.25, 0.3) is 0 Å². The normalized spacial score (nSPS) is 19.9. The fraction of sp³-hybridized carbons (Fsp3) is 1.00. The second-order valence-electron chi connectivity index (χ2n) is 4.61. The van der Waals surface area contributed by atoms with Crippen molar-refractivity contribution in [3.63, 3.8) is 0 Å². The van der Waals surface area contributed by atoms with E-state index in [4.69, 9.17) is 4.84 Å². The molecule has 1 fully saturated rings. The van der Waals surface area contributed by atoms with E-state index >= 15 is 0 Å². The van der Waals surface area contributed by atoms with Crippen LogP contribution in [-0.4, -0.2) is 32.4 Å². The van der Waals surface area contributed by atoms with Crippen LogP contribution in [0, 0.1) is 5.92 Å². The van der Waals surface area contributed by atoms with E-state index in [1.807, 2.05) is 13.8 Å². The molecule has 0 radical (unpaired) electrons. The highest BCUT2D eigenvalue weighted by Gasteiger charge is 2.22. The highest BCUT2D eigenvalue weighted by Crippen LogP contribution is 2.12. The van der Waals surface area contributed by atoms with Gasteiger partial charge in [-0.3, -0.25) is 4.84 Å². The average Bonchev–Trinajstić information content (AvgIpc) is 2.44. The molecule has 1 N–H and O–H groups in total. The van der Waals surface area contributed by atoms with E-state index in [0.717, 1.165) is 25.7 Å². The van der Waals surface area contributed by atoms with Crippen molar-refractivity contribution in [3.05, 3.63) is 0 Å². The molecule has 0 bridgehead atoms. The van der Waals surface area contributed by atoms with Gasteiger partial charge in [-0.1, -0.05) is 31.6 Å². The maximum Gasteiger partial charge on any atom is 0.301 e. The van der Waals surface area contributed by atoms with Crippen LogP contribution in [0.3, 0.4) is 0 Å². The summed E-state index contributed by atoms with van der Waals surface area (Å²) in [5, 5.41) is 0. The van der Waals surface area contributed by atoms with Gasteiger partial charge in [-0.15, -0.1) is 0 Å². The van der Waals surface area contributed by atoms with Crippen LogP contribution in [0.2, 0.25) is 0 Å². The van der Waals surface area contributed by atoms with Crippen LogP contribution in [0.15, 0.2) is 0 Å². The van der Waals surface area contributed by atoms with Crippen LogP contribution in [0.1, 0.15) is 39.5 Å². The summed E-state index contributed by atoms with van der Waals surface area (Å²) in [7, 11) is -3.44. The summed E-state index contributed by atoms with van der Waals surface area (Å²) in [6.45, 7) is 5.54. The Hall–Kier alpha value is -0.170. The van der Waals surface area contributed by atoms with E-state index in [0.29, 0.717) is 25.6 Å². The Bertz CT molecular complexity index is 282. The Morgan fingerprint density at radius 3 is 2.25 bits per heavy atom. The summed E-state index contributed by atoms with van der Waals surface area (Å²) in [5.74, 6) is 0.312. The number of hydrogen-bond donors (Lipinski definition) is 1. The fourth-order valence-electron chi connectivity index (χ4n) is 1.61. The molecule has 1 heterocycles. The van der Waals surface area contributed by atoms with Gasteiger partial charge in [-0.05, 0) is 18.8 Å². The summed E-state index contributed by atoms with van der Waals surface area (Å²) in [4.78, 5) is 7.16. The smallest absolute Gasteiger partial charge is 0.286 e. The summed E-state index contributed by atoms with van der Waals surface area (Å²) in [6.07, 6.45) is 4.09. The van der Waals surface area contributed by atoms with Crippen molar-refractivity contribution in [3.8, 4) is 0 Å². The van der Waals surface area contributed by atoms with Gasteiger partial charge >= 0.3 is 10.2 Å². The molecule has 0 aromatic carbocycles. The Labute approximate surface area is 98.3 Å². The predicted octanol–water partition coefficient (Wildman–Crippen LogP) is 1.28. The number of hydrogen-bond acceptors (Lipinski definition) is 3. The molecular weight excluding hydrogens is 228 g/mol. The molecular formula is C10H22N2O3S. The van der Waals surface area contributed by atoms with Crippen LogP contribution in [0.5, 0.6) is 0 Å². The monoisotopic (exact) mass is 250 g/mol. The van der Waals surface area contributed by atoms with Crippen molar-refractivity contribution in [1.82, 2.24) is 9.19 Å². The minimum Gasteiger partial charge on any atom is -0.286 e. The van der Waals surface area contributed by atoms with Crippen molar-refractivity contribution in [1.29, 1.82) is 0 Å². The zero-order valence-electron chi connectivity index (χ0n) is 10.1. The lowest BCUT2D eigenvalue weighted by molar-refractivity contribution is 0.0675. The molecule has 0 unspecified atom stereocenters. The molecule has 0 amide bonds. The first-order valence-electron chi connectivity index (χ1n) is 5.91. The Morgan fingerprint density at radius 2 is 1.75 bits per heavy atom. The van der Waals surface area contributed by atoms with Crippen LogP contribution in [0.4, 0.5) is 0 Å². The lowest BCUT2D eigenvalue weighted by Gasteiger charge is -2.20. The SMILES string of the molecule is CC(C)CONS(=O)(=O)N1CCCCCC1. The van der Waals surface area contributed by atoms with E-state index in [9.17, 15) is 8.42 Å². The Kier molecular flexibility index (Phi) is 5.68. The predicted molar refractivity (Wildman–Crippen MR) is 62.9 cm³/mol. The first-order chi connectivity index (χ1) is 7.52. The summed E-state index contributed by atoms with van der Waals surface area (Å²) < 4.78 is 25.1. The quantitative estimate of drug-likeness (QED) is 0.748. The number of rotatable bonds is 5. The fourth-order valence-corrected chi connectivity index (χ4v) is 2.67. The summed E-state index contributed by atoms with van der Waals surface area (Å²) in [6, 6.07) is 0. The second kappa shape index (κ2) is 6.54. The van der Waals surface area contributed by atoms with E-state index in [2.05, 4.69) is 4.89 Å². The standard InChI is InChI=1S/C10H22N2O3S/c1-10(2)9-15-11-16(13,14)12-7-5-3-4-6-8-12/h10-11H,3-9H2,1-2H3. The Balaban J connectivity index is 2.42.